The summed E-state index contributed by atoms with van der Waals surface area (Å²) >= 11 is 0. The number of hydrogen-bond acceptors (Lipinski definition) is 4. The summed E-state index contributed by atoms with van der Waals surface area (Å²) in [6, 6.07) is 4.41. The van der Waals surface area contributed by atoms with Crippen LogP contribution in [0, 0.1) is 19.8 Å². The van der Waals surface area contributed by atoms with Crippen LogP contribution in [-0.4, -0.2) is 44.4 Å². The van der Waals surface area contributed by atoms with E-state index in [0.717, 1.165) is 45.2 Å². The topological polar surface area (TPSA) is 47.7 Å². The number of aryl methyl sites for hydroxylation is 2. The van der Waals surface area contributed by atoms with Crippen molar-refractivity contribution in [1.82, 2.24) is 4.90 Å². The van der Waals surface area contributed by atoms with Gasteiger partial charge >= 0.3 is 0 Å². The van der Waals surface area contributed by atoms with Crippen molar-refractivity contribution in [2.24, 2.45) is 11.7 Å². The van der Waals surface area contributed by atoms with Crippen LogP contribution in [0.2, 0.25) is 0 Å². The molecule has 0 aliphatic carbocycles. The zero-order chi connectivity index (χ0) is 14.1. The van der Waals surface area contributed by atoms with Gasteiger partial charge in [-0.15, -0.1) is 0 Å². The Morgan fingerprint density at radius 3 is 2.75 bits per heavy atom. The van der Waals surface area contributed by atoms with Gasteiger partial charge in [-0.05, 0) is 19.4 Å². The summed E-state index contributed by atoms with van der Waals surface area (Å²) in [7, 11) is 0. The average molecular weight is 276 g/mol. The number of benzene rings is 1. The Labute approximate surface area is 120 Å². The maximum absolute atomic E-state index is 6.51. The fraction of sp³-hybridized carbons (Fsp3) is 0.625. The zero-order valence-electron chi connectivity index (χ0n) is 12.4. The van der Waals surface area contributed by atoms with Crippen molar-refractivity contribution in [3.63, 3.8) is 0 Å². The number of nitrogens with zero attached hydrogens (tertiary/aromatic N) is 1. The summed E-state index contributed by atoms with van der Waals surface area (Å²) in [5.41, 5.74) is 10.1. The van der Waals surface area contributed by atoms with E-state index in [1.807, 2.05) is 0 Å². The van der Waals surface area contributed by atoms with Gasteiger partial charge in [0.2, 0.25) is 0 Å². The normalized spacial score (nSPS) is 26.9. The predicted octanol–water partition coefficient (Wildman–Crippen LogP) is 1.64. The van der Waals surface area contributed by atoms with Crippen LogP contribution in [-0.2, 0) is 4.74 Å². The van der Waals surface area contributed by atoms with Crippen LogP contribution in [0.25, 0.3) is 0 Å². The molecule has 0 bridgehead atoms. The SMILES string of the molecule is Cc1cc(C)c2c(c1)C(N)C(CN1CCOCC1)CO2. The van der Waals surface area contributed by atoms with E-state index in [1.54, 1.807) is 0 Å². The smallest absolute Gasteiger partial charge is 0.127 e. The molecule has 1 saturated heterocycles. The van der Waals surface area contributed by atoms with Crippen LogP contribution < -0.4 is 10.5 Å². The highest BCUT2D eigenvalue weighted by atomic mass is 16.5. The molecule has 0 saturated carbocycles. The van der Waals surface area contributed by atoms with Gasteiger partial charge in [0.05, 0.1) is 19.8 Å². The molecule has 4 heteroatoms. The molecule has 2 unspecified atom stereocenters. The molecule has 0 aromatic heterocycles. The third-order valence-electron chi connectivity index (χ3n) is 4.35. The first-order valence-corrected chi connectivity index (χ1v) is 7.45. The monoisotopic (exact) mass is 276 g/mol. The quantitative estimate of drug-likeness (QED) is 0.892. The summed E-state index contributed by atoms with van der Waals surface area (Å²) in [5, 5.41) is 0. The molecule has 2 atom stereocenters. The molecule has 2 heterocycles. The molecule has 2 aliphatic heterocycles. The first kappa shape index (κ1) is 13.9. The van der Waals surface area contributed by atoms with Gasteiger partial charge in [-0.3, -0.25) is 4.90 Å². The van der Waals surface area contributed by atoms with Crippen LogP contribution in [0.15, 0.2) is 12.1 Å². The van der Waals surface area contributed by atoms with Gasteiger partial charge in [-0.2, -0.15) is 0 Å². The summed E-state index contributed by atoms with van der Waals surface area (Å²) in [4.78, 5) is 2.44. The molecule has 1 aromatic rings. The summed E-state index contributed by atoms with van der Waals surface area (Å²) in [6.07, 6.45) is 0. The van der Waals surface area contributed by atoms with Gasteiger partial charge in [-0.25, -0.2) is 0 Å². The van der Waals surface area contributed by atoms with Gasteiger partial charge in [0.25, 0.3) is 0 Å². The number of nitrogens with two attached hydrogens (primary N) is 1. The minimum atomic E-state index is 0.0696. The minimum Gasteiger partial charge on any atom is -0.493 e. The maximum Gasteiger partial charge on any atom is 0.127 e. The molecular formula is C16H24N2O2. The molecule has 110 valence electrons. The highest BCUT2D eigenvalue weighted by Crippen LogP contribution is 2.37. The third kappa shape index (κ3) is 2.68. The Bertz CT molecular complexity index is 484. The molecule has 2 N–H and O–H groups in total. The maximum atomic E-state index is 6.51. The molecule has 1 aromatic carbocycles. The molecular weight excluding hydrogens is 252 g/mol. The van der Waals surface area contributed by atoms with Gasteiger partial charge < -0.3 is 15.2 Å². The van der Waals surface area contributed by atoms with E-state index in [-0.39, 0.29) is 6.04 Å². The Kier molecular flexibility index (Phi) is 3.96. The van der Waals surface area contributed by atoms with Crippen molar-refractivity contribution in [2.45, 2.75) is 19.9 Å². The van der Waals surface area contributed by atoms with Crippen molar-refractivity contribution in [2.75, 3.05) is 39.5 Å². The lowest BCUT2D eigenvalue weighted by Crippen LogP contribution is -2.44. The molecule has 0 spiro atoms. The summed E-state index contributed by atoms with van der Waals surface area (Å²) < 4.78 is 11.4. The zero-order valence-corrected chi connectivity index (χ0v) is 12.4. The lowest BCUT2D eigenvalue weighted by Gasteiger charge is -2.36. The van der Waals surface area contributed by atoms with E-state index in [1.165, 1.54) is 16.7 Å². The highest BCUT2D eigenvalue weighted by molar-refractivity contribution is 5.46. The van der Waals surface area contributed by atoms with E-state index >= 15 is 0 Å². The van der Waals surface area contributed by atoms with Crippen LogP contribution in [0.4, 0.5) is 0 Å². The van der Waals surface area contributed by atoms with Crippen molar-refractivity contribution in [3.8, 4) is 5.75 Å². The highest BCUT2D eigenvalue weighted by Gasteiger charge is 2.31. The average Bonchev–Trinajstić information content (AvgIpc) is 2.43. The van der Waals surface area contributed by atoms with E-state index in [0.29, 0.717) is 5.92 Å². The molecule has 0 amide bonds. The fourth-order valence-corrected chi connectivity index (χ4v) is 3.26. The van der Waals surface area contributed by atoms with E-state index in [2.05, 4.69) is 30.9 Å². The Morgan fingerprint density at radius 1 is 1.25 bits per heavy atom. The summed E-state index contributed by atoms with van der Waals surface area (Å²) in [6.45, 7) is 9.60. The fourth-order valence-electron chi connectivity index (χ4n) is 3.26. The van der Waals surface area contributed by atoms with Crippen LogP contribution in [0.5, 0.6) is 5.75 Å². The Balaban J connectivity index is 1.76. The Morgan fingerprint density at radius 2 is 2.00 bits per heavy atom. The van der Waals surface area contributed by atoms with Gasteiger partial charge in [0, 0.05) is 37.2 Å². The second-order valence-corrected chi connectivity index (χ2v) is 6.01. The van der Waals surface area contributed by atoms with Crippen LogP contribution in [0.1, 0.15) is 22.7 Å². The van der Waals surface area contributed by atoms with Crippen molar-refractivity contribution < 1.29 is 9.47 Å². The van der Waals surface area contributed by atoms with Crippen molar-refractivity contribution >= 4 is 0 Å². The number of morpholine rings is 1. The number of fused-ring (bicyclic) bond motifs is 1. The van der Waals surface area contributed by atoms with Crippen molar-refractivity contribution in [1.29, 1.82) is 0 Å². The Hall–Kier alpha value is -1.10. The molecule has 2 aliphatic rings. The third-order valence-corrected chi connectivity index (χ3v) is 4.35. The molecule has 1 fully saturated rings. The molecule has 4 nitrogen and oxygen atoms in total. The van der Waals surface area contributed by atoms with E-state index in [9.17, 15) is 0 Å². The van der Waals surface area contributed by atoms with Gasteiger partial charge in [-0.1, -0.05) is 17.7 Å². The standard InChI is InChI=1S/C16H24N2O2/c1-11-7-12(2)16-14(8-11)15(17)13(10-20-16)9-18-3-5-19-6-4-18/h7-8,13,15H,3-6,9-10,17H2,1-2H3. The second-order valence-electron chi connectivity index (χ2n) is 6.01. The lowest BCUT2D eigenvalue weighted by molar-refractivity contribution is 0.0218. The lowest BCUT2D eigenvalue weighted by atomic mass is 9.88. The van der Waals surface area contributed by atoms with Gasteiger partial charge in [0.1, 0.15) is 5.75 Å². The largest absolute Gasteiger partial charge is 0.493 e. The summed E-state index contributed by atoms with van der Waals surface area (Å²) in [5.74, 6) is 1.36. The number of ether oxygens (including phenoxy) is 2. The second kappa shape index (κ2) is 5.72. The van der Waals surface area contributed by atoms with E-state index in [4.69, 9.17) is 15.2 Å². The number of hydrogen-bond donors (Lipinski definition) is 1. The first-order chi connectivity index (χ1) is 9.65. The van der Waals surface area contributed by atoms with Crippen molar-refractivity contribution in [3.05, 3.63) is 28.8 Å². The predicted molar refractivity (Wildman–Crippen MR) is 79.1 cm³/mol. The van der Waals surface area contributed by atoms with Crippen LogP contribution >= 0.6 is 0 Å². The molecule has 0 radical (unpaired) electrons. The first-order valence-electron chi connectivity index (χ1n) is 7.45. The molecule has 3 rings (SSSR count). The van der Waals surface area contributed by atoms with Gasteiger partial charge in [0.15, 0.2) is 0 Å². The van der Waals surface area contributed by atoms with E-state index < -0.39 is 0 Å². The number of rotatable bonds is 2. The van der Waals surface area contributed by atoms with Crippen LogP contribution in [0.3, 0.4) is 0 Å². The molecule has 20 heavy (non-hydrogen) atoms. The minimum absolute atomic E-state index is 0.0696.